The Labute approximate surface area is 200 Å². The van der Waals surface area contributed by atoms with Gasteiger partial charge in [-0.3, -0.25) is 4.31 Å². The van der Waals surface area contributed by atoms with Gasteiger partial charge in [0, 0.05) is 31.9 Å². The third-order valence-electron chi connectivity index (χ3n) is 5.54. The van der Waals surface area contributed by atoms with Crippen LogP contribution in [-0.4, -0.2) is 31.7 Å². The van der Waals surface area contributed by atoms with E-state index in [9.17, 15) is 21.6 Å². The Bertz CT molecular complexity index is 1370. The van der Waals surface area contributed by atoms with Crippen molar-refractivity contribution in [3.05, 3.63) is 69.9 Å². The first kappa shape index (κ1) is 24.1. The molecule has 2 aromatic carbocycles. The zero-order valence-electron chi connectivity index (χ0n) is 18.5. The van der Waals surface area contributed by atoms with Crippen LogP contribution in [-0.2, 0) is 29.3 Å². The Kier molecular flexibility index (Phi) is 6.11. The molecule has 0 saturated heterocycles. The van der Waals surface area contributed by atoms with E-state index >= 15 is 0 Å². The molecular weight excluding hydrogens is 491 g/mol. The summed E-state index contributed by atoms with van der Waals surface area (Å²) in [4.78, 5) is 9.48. The van der Waals surface area contributed by atoms with E-state index in [4.69, 9.17) is 11.6 Å². The van der Waals surface area contributed by atoms with Crippen molar-refractivity contribution >= 4 is 44.8 Å². The average Bonchev–Trinajstić information content (AvgIpc) is 3.18. The van der Waals surface area contributed by atoms with Crippen molar-refractivity contribution in [3.63, 3.8) is 0 Å². The van der Waals surface area contributed by atoms with Gasteiger partial charge in [-0.25, -0.2) is 13.4 Å². The van der Waals surface area contributed by atoms with Gasteiger partial charge in [0.15, 0.2) is 0 Å². The number of alkyl halides is 3. The molecule has 0 radical (unpaired) electrons. The van der Waals surface area contributed by atoms with Crippen LogP contribution in [0.15, 0.2) is 42.6 Å². The highest BCUT2D eigenvalue weighted by Gasteiger charge is 2.38. The Morgan fingerprint density at radius 3 is 2.56 bits per heavy atom. The zero-order valence-corrected chi connectivity index (χ0v) is 20.1. The smallest absolute Gasteiger partial charge is 0.347 e. The lowest BCUT2D eigenvalue weighted by atomic mass is 10.1. The van der Waals surface area contributed by atoms with Gasteiger partial charge < -0.3 is 10.2 Å². The third-order valence-corrected chi connectivity index (χ3v) is 7.04. The first-order valence-corrected chi connectivity index (χ1v) is 12.3. The highest BCUT2D eigenvalue weighted by molar-refractivity contribution is 7.92. The number of benzene rings is 2. The average molecular weight is 512 g/mol. The molecular formula is C22H21ClF3N5O2S. The summed E-state index contributed by atoms with van der Waals surface area (Å²) in [5.41, 5.74) is 2.15. The number of sulfonamides is 1. The molecule has 34 heavy (non-hydrogen) atoms. The molecule has 180 valence electrons. The maximum Gasteiger partial charge on any atom is 0.421 e. The van der Waals surface area contributed by atoms with Crippen molar-refractivity contribution < 1.29 is 21.6 Å². The van der Waals surface area contributed by atoms with Gasteiger partial charge in [0.2, 0.25) is 16.0 Å². The number of rotatable bonds is 5. The molecule has 1 N–H and O–H groups in total. The Morgan fingerprint density at radius 2 is 1.91 bits per heavy atom. The molecule has 0 amide bonds. The quantitative estimate of drug-likeness (QED) is 0.512. The Morgan fingerprint density at radius 1 is 1.18 bits per heavy atom. The van der Waals surface area contributed by atoms with Gasteiger partial charge in [0.1, 0.15) is 11.4 Å². The molecule has 0 unspecified atom stereocenters. The molecule has 12 heteroatoms. The second-order valence-corrected chi connectivity index (χ2v) is 10.5. The predicted molar refractivity (Wildman–Crippen MR) is 126 cm³/mol. The van der Waals surface area contributed by atoms with Crippen LogP contribution in [0.25, 0.3) is 0 Å². The van der Waals surface area contributed by atoms with Crippen LogP contribution < -0.4 is 14.5 Å². The molecule has 0 aliphatic carbocycles. The normalized spacial score (nSPS) is 13.7. The SMILES string of the molecule is Cc1ccc(Nc2ncc(C(F)(F)F)c(N3Cc4cccc(N(C)S(C)(=O)=O)c4C3)n2)c(Cl)c1. The van der Waals surface area contributed by atoms with E-state index in [0.29, 0.717) is 22.0 Å². The summed E-state index contributed by atoms with van der Waals surface area (Å²) in [6, 6.07) is 10.3. The fourth-order valence-corrected chi connectivity index (χ4v) is 4.55. The molecule has 1 aliphatic heterocycles. The first-order chi connectivity index (χ1) is 15.8. The topological polar surface area (TPSA) is 78.4 Å². The van der Waals surface area contributed by atoms with Crippen LogP contribution >= 0.6 is 11.6 Å². The van der Waals surface area contributed by atoms with Crippen LogP contribution in [0.5, 0.6) is 0 Å². The summed E-state index contributed by atoms with van der Waals surface area (Å²) in [6.45, 7) is 2.05. The number of halogens is 4. The third kappa shape index (κ3) is 4.76. The van der Waals surface area contributed by atoms with Crippen LogP contribution in [0.1, 0.15) is 22.3 Å². The number of aromatic nitrogens is 2. The fourth-order valence-electron chi connectivity index (χ4n) is 3.74. The summed E-state index contributed by atoms with van der Waals surface area (Å²) in [5.74, 6) is -0.351. The van der Waals surface area contributed by atoms with E-state index in [1.165, 1.54) is 11.9 Å². The first-order valence-electron chi connectivity index (χ1n) is 10.1. The van der Waals surface area contributed by atoms with Crippen molar-refractivity contribution in [2.75, 3.05) is 27.8 Å². The maximum absolute atomic E-state index is 13.8. The number of nitrogens with one attached hydrogen (secondary N) is 1. The van der Waals surface area contributed by atoms with E-state index in [2.05, 4.69) is 15.3 Å². The maximum atomic E-state index is 13.8. The van der Waals surface area contributed by atoms with E-state index in [0.717, 1.165) is 27.9 Å². The second-order valence-electron chi connectivity index (χ2n) is 8.04. The number of aryl methyl sites for hydroxylation is 1. The van der Waals surface area contributed by atoms with Crippen LogP contribution in [0.2, 0.25) is 5.02 Å². The molecule has 0 fully saturated rings. The van der Waals surface area contributed by atoms with Crippen molar-refractivity contribution in [2.45, 2.75) is 26.2 Å². The molecule has 0 bridgehead atoms. The standard InChI is InChI=1S/C22H21ClF3N5O2S/c1-13-7-8-18(17(23)9-13)28-21-27-10-16(22(24,25)26)20(29-21)31-11-14-5-4-6-19(15(14)12-31)30(2)34(3,32)33/h4-10H,11-12H2,1-3H3,(H,27,28,29). The summed E-state index contributed by atoms with van der Waals surface area (Å²) >= 11 is 6.23. The minimum absolute atomic E-state index is 0.0433. The molecule has 2 heterocycles. The minimum Gasteiger partial charge on any atom is -0.347 e. The van der Waals surface area contributed by atoms with Gasteiger partial charge in [-0.2, -0.15) is 18.2 Å². The molecule has 0 atom stereocenters. The number of nitrogens with zero attached hydrogens (tertiary/aromatic N) is 4. The van der Waals surface area contributed by atoms with Gasteiger partial charge in [-0.15, -0.1) is 0 Å². The lowest BCUT2D eigenvalue weighted by molar-refractivity contribution is -0.137. The van der Waals surface area contributed by atoms with Crippen LogP contribution in [0.4, 0.5) is 36.3 Å². The van der Waals surface area contributed by atoms with Crippen LogP contribution in [0.3, 0.4) is 0 Å². The zero-order chi connectivity index (χ0) is 24.8. The van der Waals surface area contributed by atoms with E-state index < -0.39 is 21.8 Å². The summed E-state index contributed by atoms with van der Waals surface area (Å²) in [7, 11) is -2.14. The van der Waals surface area contributed by atoms with E-state index in [-0.39, 0.29) is 24.9 Å². The molecule has 7 nitrogen and oxygen atoms in total. The molecule has 0 spiro atoms. The number of hydrogen-bond acceptors (Lipinski definition) is 6. The van der Waals surface area contributed by atoms with E-state index in [1.807, 2.05) is 6.92 Å². The van der Waals surface area contributed by atoms with Crippen molar-refractivity contribution in [2.24, 2.45) is 0 Å². The van der Waals surface area contributed by atoms with Crippen LogP contribution in [0, 0.1) is 6.92 Å². The molecule has 0 saturated carbocycles. The van der Waals surface area contributed by atoms with Crippen molar-refractivity contribution in [1.82, 2.24) is 9.97 Å². The largest absolute Gasteiger partial charge is 0.421 e. The number of hydrogen-bond donors (Lipinski definition) is 1. The fraction of sp³-hybridized carbons (Fsp3) is 0.273. The minimum atomic E-state index is -4.68. The highest BCUT2D eigenvalue weighted by atomic mass is 35.5. The highest BCUT2D eigenvalue weighted by Crippen LogP contribution is 2.41. The number of anilines is 4. The molecule has 4 rings (SSSR count). The Hall–Kier alpha value is -3.05. The summed E-state index contributed by atoms with van der Waals surface area (Å²) < 4.78 is 66.7. The van der Waals surface area contributed by atoms with Crippen molar-refractivity contribution in [1.29, 1.82) is 0 Å². The van der Waals surface area contributed by atoms with Gasteiger partial charge in [0.25, 0.3) is 0 Å². The Balaban J connectivity index is 1.73. The molecule has 1 aliphatic rings. The summed E-state index contributed by atoms with van der Waals surface area (Å²) in [5, 5.41) is 3.26. The monoisotopic (exact) mass is 511 g/mol. The predicted octanol–water partition coefficient (Wildman–Crippen LogP) is 5.12. The molecule has 1 aromatic heterocycles. The van der Waals surface area contributed by atoms with E-state index in [1.54, 1.807) is 36.4 Å². The van der Waals surface area contributed by atoms with Gasteiger partial charge in [-0.1, -0.05) is 29.8 Å². The number of fused-ring (bicyclic) bond motifs is 1. The molecule has 3 aromatic rings. The van der Waals surface area contributed by atoms with Gasteiger partial charge in [0.05, 0.1) is 22.7 Å². The van der Waals surface area contributed by atoms with Gasteiger partial charge >= 0.3 is 6.18 Å². The lowest BCUT2D eigenvalue weighted by Gasteiger charge is -2.23. The lowest BCUT2D eigenvalue weighted by Crippen LogP contribution is -2.26. The summed E-state index contributed by atoms with van der Waals surface area (Å²) in [6.07, 6.45) is -2.88. The second kappa shape index (κ2) is 8.62. The van der Waals surface area contributed by atoms with Gasteiger partial charge in [-0.05, 0) is 36.2 Å². The van der Waals surface area contributed by atoms with Crippen molar-refractivity contribution in [3.8, 4) is 0 Å².